The lowest BCUT2D eigenvalue weighted by Crippen LogP contribution is -2.27. The van der Waals surface area contributed by atoms with Gasteiger partial charge in [0.05, 0.1) is 12.9 Å². The third-order valence-corrected chi connectivity index (χ3v) is 3.06. The lowest BCUT2D eigenvalue weighted by Gasteiger charge is -2.04. The third-order valence-electron chi connectivity index (χ3n) is 1.59. The maximum atomic E-state index is 11.2. The van der Waals surface area contributed by atoms with Crippen molar-refractivity contribution in [1.82, 2.24) is 4.72 Å². The van der Waals surface area contributed by atoms with Gasteiger partial charge in [-0.1, -0.05) is 6.92 Å². The summed E-state index contributed by atoms with van der Waals surface area (Å²) in [6.45, 7) is 2.33. The van der Waals surface area contributed by atoms with Crippen LogP contribution in [0.5, 0.6) is 0 Å². The molecule has 0 aliphatic heterocycles. The van der Waals surface area contributed by atoms with Crippen LogP contribution >= 0.6 is 0 Å². The number of carbonyl (C=O) groups excluding carboxylic acids is 1. The number of sulfonamides is 1. The van der Waals surface area contributed by atoms with E-state index in [0.29, 0.717) is 13.0 Å². The highest BCUT2D eigenvalue weighted by Crippen LogP contribution is 1.96. The van der Waals surface area contributed by atoms with Crippen LogP contribution in [0.25, 0.3) is 0 Å². The molecule has 6 heteroatoms. The maximum Gasteiger partial charge on any atom is 0.305 e. The number of methoxy groups -OCH3 is 1. The monoisotopic (exact) mass is 223 g/mol. The minimum Gasteiger partial charge on any atom is -0.469 e. The summed E-state index contributed by atoms with van der Waals surface area (Å²) in [5, 5.41) is 0. The Balaban J connectivity index is 3.71. The first-order valence-electron chi connectivity index (χ1n) is 4.56. The molecule has 0 saturated heterocycles. The van der Waals surface area contributed by atoms with Gasteiger partial charge in [-0.2, -0.15) is 0 Å². The SMILES string of the molecule is CCCNS(=O)(=O)CCCC(=O)OC. The van der Waals surface area contributed by atoms with Crippen molar-refractivity contribution in [3.8, 4) is 0 Å². The molecule has 0 aliphatic rings. The van der Waals surface area contributed by atoms with Gasteiger partial charge >= 0.3 is 5.97 Å². The molecule has 0 aliphatic carbocycles. The van der Waals surface area contributed by atoms with Gasteiger partial charge in [-0.15, -0.1) is 0 Å². The highest BCUT2D eigenvalue weighted by molar-refractivity contribution is 7.89. The second-order valence-corrected chi connectivity index (χ2v) is 4.82. The zero-order valence-electron chi connectivity index (χ0n) is 8.58. The van der Waals surface area contributed by atoms with Gasteiger partial charge in [-0.05, 0) is 12.8 Å². The Bertz CT molecular complexity index is 261. The van der Waals surface area contributed by atoms with Gasteiger partial charge in [0.25, 0.3) is 0 Å². The summed E-state index contributed by atoms with van der Waals surface area (Å²) in [6, 6.07) is 0. The second-order valence-electron chi connectivity index (χ2n) is 2.89. The molecule has 14 heavy (non-hydrogen) atoms. The Morgan fingerprint density at radius 1 is 1.43 bits per heavy atom. The largest absolute Gasteiger partial charge is 0.469 e. The van der Waals surface area contributed by atoms with Crippen LogP contribution in [0.2, 0.25) is 0 Å². The van der Waals surface area contributed by atoms with Crippen LogP contribution in [0.4, 0.5) is 0 Å². The summed E-state index contributed by atoms with van der Waals surface area (Å²) in [6.07, 6.45) is 1.20. The summed E-state index contributed by atoms with van der Waals surface area (Å²) in [5.74, 6) is -0.405. The predicted octanol–water partition coefficient (Wildman–Crippen LogP) is 0.269. The number of ether oxygens (including phenoxy) is 1. The maximum absolute atomic E-state index is 11.2. The quantitative estimate of drug-likeness (QED) is 0.629. The average molecular weight is 223 g/mol. The zero-order chi connectivity index (χ0) is 11.0. The van der Waals surface area contributed by atoms with E-state index in [9.17, 15) is 13.2 Å². The second kappa shape index (κ2) is 6.78. The normalized spacial score (nSPS) is 11.3. The van der Waals surface area contributed by atoms with Gasteiger partial charge in [0, 0.05) is 13.0 Å². The Morgan fingerprint density at radius 3 is 2.57 bits per heavy atom. The molecule has 0 aromatic heterocycles. The van der Waals surface area contributed by atoms with E-state index in [2.05, 4.69) is 9.46 Å². The molecule has 0 unspecified atom stereocenters. The molecule has 0 spiro atoms. The van der Waals surface area contributed by atoms with Crippen molar-refractivity contribution in [2.75, 3.05) is 19.4 Å². The van der Waals surface area contributed by atoms with Gasteiger partial charge in [0.15, 0.2) is 0 Å². The molecule has 0 radical (unpaired) electrons. The molecule has 0 amide bonds. The van der Waals surface area contributed by atoms with E-state index in [4.69, 9.17) is 0 Å². The van der Waals surface area contributed by atoms with Gasteiger partial charge in [-0.3, -0.25) is 4.79 Å². The molecule has 5 nitrogen and oxygen atoms in total. The molecule has 1 N–H and O–H groups in total. The van der Waals surface area contributed by atoms with E-state index in [-0.39, 0.29) is 18.1 Å². The third kappa shape index (κ3) is 6.85. The van der Waals surface area contributed by atoms with Gasteiger partial charge in [0.1, 0.15) is 0 Å². The lowest BCUT2D eigenvalue weighted by atomic mass is 10.3. The topological polar surface area (TPSA) is 72.5 Å². The smallest absolute Gasteiger partial charge is 0.305 e. The van der Waals surface area contributed by atoms with E-state index in [1.54, 1.807) is 0 Å². The molecule has 0 rings (SSSR count). The van der Waals surface area contributed by atoms with Crippen molar-refractivity contribution in [2.24, 2.45) is 0 Å². The van der Waals surface area contributed by atoms with Crippen molar-refractivity contribution in [2.45, 2.75) is 26.2 Å². The van der Waals surface area contributed by atoms with E-state index in [1.807, 2.05) is 6.92 Å². The van der Waals surface area contributed by atoms with Crippen LogP contribution in [-0.2, 0) is 19.6 Å². The Kier molecular flexibility index (Phi) is 6.48. The summed E-state index contributed by atoms with van der Waals surface area (Å²) < 4.78 is 29.2. The van der Waals surface area contributed by atoms with E-state index in [0.717, 1.165) is 6.42 Å². The van der Waals surface area contributed by atoms with E-state index in [1.165, 1.54) is 7.11 Å². The molecule has 0 fully saturated rings. The number of esters is 1. The molecule has 0 bridgehead atoms. The van der Waals surface area contributed by atoms with Crippen molar-refractivity contribution in [3.63, 3.8) is 0 Å². The number of hydrogen-bond donors (Lipinski definition) is 1. The lowest BCUT2D eigenvalue weighted by molar-refractivity contribution is -0.140. The van der Waals surface area contributed by atoms with Crippen LogP contribution in [0, 0.1) is 0 Å². The van der Waals surface area contributed by atoms with E-state index >= 15 is 0 Å². The zero-order valence-corrected chi connectivity index (χ0v) is 9.39. The highest BCUT2D eigenvalue weighted by Gasteiger charge is 2.10. The molecule has 0 heterocycles. The summed E-state index contributed by atoms with van der Waals surface area (Å²) >= 11 is 0. The molecule has 0 atom stereocenters. The summed E-state index contributed by atoms with van der Waals surface area (Å²) in [5.41, 5.74) is 0. The predicted molar refractivity (Wildman–Crippen MR) is 53.3 cm³/mol. The molecule has 0 aromatic rings. The van der Waals surface area contributed by atoms with Crippen molar-refractivity contribution in [1.29, 1.82) is 0 Å². The Morgan fingerprint density at radius 2 is 2.07 bits per heavy atom. The minimum absolute atomic E-state index is 0.0257. The highest BCUT2D eigenvalue weighted by atomic mass is 32.2. The summed E-state index contributed by atoms with van der Waals surface area (Å²) in [7, 11) is -1.92. The van der Waals surface area contributed by atoms with Gasteiger partial charge in [-0.25, -0.2) is 13.1 Å². The van der Waals surface area contributed by atoms with Crippen LogP contribution in [0.3, 0.4) is 0 Å². The average Bonchev–Trinajstić information content (AvgIpc) is 2.14. The fraction of sp³-hybridized carbons (Fsp3) is 0.875. The van der Waals surface area contributed by atoms with Gasteiger partial charge < -0.3 is 4.74 Å². The fourth-order valence-corrected chi connectivity index (χ4v) is 2.02. The Hall–Kier alpha value is -0.620. The van der Waals surface area contributed by atoms with Crippen molar-refractivity contribution in [3.05, 3.63) is 0 Å². The molecule has 0 saturated carbocycles. The van der Waals surface area contributed by atoms with Crippen molar-refractivity contribution >= 4 is 16.0 Å². The standard InChI is InChI=1S/C8H17NO4S/c1-3-6-9-14(11,12)7-4-5-8(10)13-2/h9H,3-7H2,1-2H3. The first-order valence-corrected chi connectivity index (χ1v) is 6.21. The first-order chi connectivity index (χ1) is 6.52. The molecular weight excluding hydrogens is 206 g/mol. The van der Waals surface area contributed by atoms with Crippen molar-refractivity contribution < 1.29 is 17.9 Å². The fourth-order valence-electron chi connectivity index (χ4n) is 0.838. The summed E-state index contributed by atoms with van der Waals surface area (Å²) in [4.78, 5) is 10.7. The number of rotatable bonds is 7. The molecule has 0 aromatic carbocycles. The van der Waals surface area contributed by atoms with Crippen LogP contribution in [0.15, 0.2) is 0 Å². The molecular formula is C8H17NO4S. The minimum atomic E-state index is -3.21. The van der Waals surface area contributed by atoms with Crippen LogP contribution in [-0.4, -0.2) is 33.8 Å². The number of nitrogens with one attached hydrogen (secondary N) is 1. The number of hydrogen-bond acceptors (Lipinski definition) is 4. The molecule has 84 valence electrons. The van der Waals surface area contributed by atoms with Crippen LogP contribution < -0.4 is 4.72 Å². The van der Waals surface area contributed by atoms with Crippen LogP contribution in [0.1, 0.15) is 26.2 Å². The van der Waals surface area contributed by atoms with E-state index < -0.39 is 10.0 Å². The van der Waals surface area contributed by atoms with Gasteiger partial charge in [0.2, 0.25) is 10.0 Å². The first kappa shape index (κ1) is 13.4. The Labute approximate surface area is 84.9 Å². The number of carbonyl (C=O) groups is 1.